The lowest BCUT2D eigenvalue weighted by atomic mass is 10.1. The summed E-state index contributed by atoms with van der Waals surface area (Å²) < 4.78 is 5.91. The molecule has 0 heterocycles. The zero-order valence-electron chi connectivity index (χ0n) is 29.7. The Morgan fingerprint density at radius 3 is 2.13 bits per heavy atom. The van der Waals surface area contributed by atoms with E-state index in [1.807, 2.05) is 66.7 Å². The van der Waals surface area contributed by atoms with Crippen molar-refractivity contribution in [1.82, 2.24) is 5.32 Å². The van der Waals surface area contributed by atoms with Gasteiger partial charge in [-0.1, -0.05) is 103 Å². The molecular weight excluding hydrogens is 713 g/mol. The van der Waals surface area contributed by atoms with Crippen molar-refractivity contribution in [2.75, 3.05) is 10.6 Å². The number of thioether (sulfide) groups is 1. The maximum absolute atomic E-state index is 13.8. The van der Waals surface area contributed by atoms with Crippen molar-refractivity contribution >= 4 is 52.6 Å². The standard InChI is InChI=1S/C44H36N4O6S/c1-30-20-23-36(48(52)53)28-39(30)46-44(51)41(33-14-7-3-8-15-33)55-38-19-11-18-35(27-38)45-43(50)40(47-42(49)34-16-9-4-10-17-34)26-31-21-24-37(25-22-31)54-29-32-12-5-2-6-13-32/h2-28,41H,29H2,1H3,(H,45,50)(H,46,51)(H,47,49)/b40-26+. The Morgan fingerprint density at radius 2 is 1.44 bits per heavy atom. The number of amides is 3. The molecule has 0 saturated carbocycles. The number of carbonyl (C=O) groups excluding carboxylic acids is 3. The van der Waals surface area contributed by atoms with Crippen LogP contribution in [-0.4, -0.2) is 22.6 Å². The molecule has 3 N–H and O–H groups in total. The fourth-order valence-corrected chi connectivity index (χ4v) is 6.53. The van der Waals surface area contributed by atoms with Crippen molar-refractivity contribution in [2.24, 2.45) is 0 Å². The molecule has 0 aliphatic rings. The third-order valence-corrected chi connectivity index (χ3v) is 9.59. The molecule has 0 saturated heterocycles. The Morgan fingerprint density at radius 1 is 0.764 bits per heavy atom. The van der Waals surface area contributed by atoms with Crippen LogP contribution in [0.4, 0.5) is 17.1 Å². The number of carbonyl (C=O) groups is 3. The van der Waals surface area contributed by atoms with Gasteiger partial charge in [0, 0.05) is 28.3 Å². The van der Waals surface area contributed by atoms with Gasteiger partial charge < -0.3 is 20.7 Å². The molecule has 3 amide bonds. The Bertz CT molecular complexity index is 2320. The van der Waals surface area contributed by atoms with Crippen molar-refractivity contribution in [3.8, 4) is 5.75 Å². The minimum absolute atomic E-state index is 0.0127. The molecule has 1 unspecified atom stereocenters. The predicted octanol–water partition coefficient (Wildman–Crippen LogP) is 9.36. The number of hydrogen-bond acceptors (Lipinski definition) is 7. The summed E-state index contributed by atoms with van der Waals surface area (Å²) in [6, 6.07) is 46.1. The van der Waals surface area contributed by atoms with Gasteiger partial charge in [-0.2, -0.15) is 0 Å². The van der Waals surface area contributed by atoms with Crippen molar-refractivity contribution in [3.05, 3.63) is 201 Å². The number of nitrogens with zero attached hydrogens (tertiary/aromatic N) is 1. The van der Waals surface area contributed by atoms with Crippen LogP contribution in [0.15, 0.2) is 168 Å². The molecule has 55 heavy (non-hydrogen) atoms. The van der Waals surface area contributed by atoms with E-state index >= 15 is 0 Å². The third kappa shape index (κ3) is 10.6. The number of hydrogen-bond donors (Lipinski definition) is 3. The number of nitro groups is 1. The largest absolute Gasteiger partial charge is 0.489 e. The van der Waals surface area contributed by atoms with Crippen LogP contribution in [0.3, 0.4) is 0 Å². The van der Waals surface area contributed by atoms with Gasteiger partial charge >= 0.3 is 0 Å². The second-order valence-corrected chi connectivity index (χ2v) is 13.5. The van der Waals surface area contributed by atoms with E-state index in [0.717, 1.165) is 5.56 Å². The molecule has 0 aromatic heterocycles. The second kappa shape index (κ2) is 18.2. The quantitative estimate of drug-likeness (QED) is 0.0437. The second-order valence-electron chi connectivity index (χ2n) is 12.4. The highest BCUT2D eigenvalue weighted by molar-refractivity contribution is 8.00. The van der Waals surface area contributed by atoms with E-state index in [1.54, 1.807) is 91.9 Å². The molecule has 0 fully saturated rings. The molecule has 0 radical (unpaired) electrons. The SMILES string of the molecule is Cc1ccc([N+](=O)[O-])cc1NC(=O)C(Sc1cccc(NC(=O)/C(=C\c2ccc(OCc3ccccc3)cc2)NC(=O)c2ccccc2)c1)c1ccccc1. The number of aryl methyl sites for hydroxylation is 1. The summed E-state index contributed by atoms with van der Waals surface area (Å²) in [6.45, 7) is 2.17. The lowest BCUT2D eigenvalue weighted by Crippen LogP contribution is -2.30. The zero-order valence-corrected chi connectivity index (χ0v) is 30.5. The average Bonchev–Trinajstić information content (AvgIpc) is 3.21. The smallest absolute Gasteiger partial charge is 0.272 e. The first kappa shape index (κ1) is 37.8. The Labute approximate surface area is 322 Å². The number of nitrogens with one attached hydrogen (secondary N) is 3. The highest BCUT2D eigenvalue weighted by atomic mass is 32.2. The molecule has 0 bridgehead atoms. The highest BCUT2D eigenvalue weighted by Crippen LogP contribution is 2.38. The average molecular weight is 749 g/mol. The minimum Gasteiger partial charge on any atom is -0.489 e. The first-order valence-electron chi connectivity index (χ1n) is 17.3. The van der Waals surface area contributed by atoms with E-state index in [2.05, 4.69) is 16.0 Å². The molecule has 0 aliphatic carbocycles. The van der Waals surface area contributed by atoms with Crippen LogP contribution < -0.4 is 20.7 Å². The lowest BCUT2D eigenvalue weighted by molar-refractivity contribution is -0.384. The summed E-state index contributed by atoms with van der Waals surface area (Å²) >= 11 is 1.26. The first-order chi connectivity index (χ1) is 26.7. The van der Waals surface area contributed by atoms with Gasteiger partial charge in [-0.05, 0) is 77.7 Å². The van der Waals surface area contributed by atoms with E-state index in [9.17, 15) is 24.5 Å². The lowest BCUT2D eigenvalue weighted by Gasteiger charge is -2.18. The normalized spacial score (nSPS) is 11.5. The summed E-state index contributed by atoms with van der Waals surface area (Å²) in [7, 11) is 0. The van der Waals surface area contributed by atoms with Crippen LogP contribution in [0.5, 0.6) is 5.75 Å². The zero-order chi connectivity index (χ0) is 38.6. The monoisotopic (exact) mass is 748 g/mol. The van der Waals surface area contributed by atoms with E-state index in [1.165, 1.54) is 23.9 Å². The van der Waals surface area contributed by atoms with Crippen LogP contribution in [0, 0.1) is 17.0 Å². The Kier molecular flexibility index (Phi) is 12.5. The fourth-order valence-electron chi connectivity index (χ4n) is 5.45. The van der Waals surface area contributed by atoms with Gasteiger partial charge in [-0.25, -0.2) is 0 Å². The highest BCUT2D eigenvalue weighted by Gasteiger charge is 2.24. The van der Waals surface area contributed by atoms with Crippen LogP contribution in [0.1, 0.15) is 37.9 Å². The van der Waals surface area contributed by atoms with E-state index in [-0.39, 0.29) is 17.3 Å². The number of nitro benzene ring substituents is 1. The summed E-state index contributed by atoms with van der Waals surface area (Å²) in [5.74, 6) is -0.740. The molecule has 6 aromatic rings. The van der Waals surface area contributed by atoms with Gasteiger partial charge in [-0.15, -0.1) is 11.8 Å². The fraction of sp³-hybridized carbons (Fsp3) is 0.0682. The predicted molar refractivity (Wildman–Crippen MR) is 216 cm³/mol. The maximum Gasteiger partial charge on any atom is 0.272 e. The van der Waals surface area contributed by atoms with E-state index in [4.69, 9.17) is 4.74 Å². The summed E-state index contributed by atoms with van der Waals surface area (Å²) in [5, 5.41) is 19.2. The number of ether oxygens (including phenoxy) is 1. The van der Waals surface area contributed by atoms with Crippen LogP contribution >= 0.6 is 11.8 Å². The number of non-ortho nitro benzene ring substituents is 1. The maximum atomic E-state index is 13.8. The van der Waals surface area contributed by atoms with Gasteiger partial charge in [0.1, 0.15) is 23.3 Å². The van der Waals surface area contributed by atoms with Gasteiger partial charge in [0.15, 0.2) is 0 Å². The topological polar surface area (TPSA) is 140 Å². The van der Waals surface area contributed by atoms with Crippen molar-refractivity contribution < 1.29 is 24.0 Å². The summed E-state index contributed by atoms with van der Waals surface area (Å²) in [5.41, 5.74) is 4.12. The molecule has 0 aliphatic heterocycles. The van der Waals surface area contributed by atoms with Gasteiger partial charge in [0.2, 0.25) is 5.91 Å². The van der Waals surface area contributed by atoms with Gasteiger partial charge in [0.25, 0.3) is 17.5 Å². The molecular formula is C44H36N4O6S. The molecule has 6 aromatic carbocycles. The summed E-state index contributed by atoms with van der Waals surface area (Å²) in [4.78, 5) is 52.4. The van der Waals surface area contributed by atoms with Gasteiger partial charge in [-0.3, -0.25) is 24.5 Å². The first-order valence-corrected chi connectivity index (χ1v) is 18.1. The molecule has 1 atom stereocenters. The number of anilines is 2. The number of rotatable bonds is 14. The molecule has 274 valence electrons. The Balaban J connectivity index is 1.21. The minimum atomic E-state index is -0.744. The van der Waals surface area contributed by atoms with Gasteiger partial charge in [0.05, 0.1) is 10.6 Å². The molecule has 6 rings (SSSR count). The van der Waals surface area contributed by atoms with E-state index < -0.39 is 22.0 Å². The number of benzene rings is 6. The van der Waals surface area contributed by atoms with Crippen molar-refractivity contribution in [3.63, 3.8) is 0 Å². The summed E-state index contributed by atoms with van der Waals surface area (Å²) in [6.07, 6.45) is 1.58. The molecule has 11 heteroatoms. The Hall–Kier alpha value is -6.98. The third-order valence-electron chi connectivity index (χ3n) is 8.34. The van der Waals surface area contributed by atoms with Crippen LogP contribution in [0.2, 0.25) is 0 Å². The molecule has 0 spiro atoms. The van der Waals surface area contributed by atoms with Crippen LogP contribution in [-0.2, 0) is 16.2 Å². The van der Waals surface area contributed by atoms with Crippen molar-refractivity contribution in [2.45, 2.75) is 23.7 Å². The molecule has 10 nitrogen and oxygen atoms in total. The van der Waals surface area contributed by atoms with Crippen molar-refractivity contribution in [1.29, 1.82) is 0 Å². The van der Waals surface area contributed by atoms with Crippen LogP contribution in [0.25, 0.3) is 6.08 Å². The van der Waals surface area contributed by atoms with E-state index in [0.29, 0.717) is 50.9 Å².